The lowest BCUT2D eigenvalue weighted by Gasteiger charge is -2.21. The van der Waals surface area contributed by atoms with Crippen LogP contribution >= 0.6 is 11.6 Å². The lowest BCUT2D eigenvalue weighted by atomic mass is 9.87. The SMILES string of the molecule is Oc1cccc(Cl)c1CNCCC1CCCCC1. The number of nitrogens with one attached hydrogen (secondary N) is 1. The molecule has 0 saturated heterocycles. The van der Waals surface area contributed by atoms with Gasteiger partial charge in [0.05, 0.1) is 0 Å². The number of phenolic OH excluding ortho intramolecular Hbond substituents is 1. The van der Waals surface area contributed by atoms with Crippen molar-refractivity contribution < 1.29 is 5.11 Å². The molecule has 2 N–H and O–H groups in total. The minimum Gasteiger partial charge on any atom is -0.508 e. The van der Waals surface area contributed by atoms with Crippen LogP contribution in [0.5, 0.6) is 5.75 Å². The van der Waals surface area contributed by atoms with E-state index in [2.05, 4.69) is 5.32 Å². The van der Waals surface area contributed by atoms with Gasteiger partial charge in [0.2, 0.25) is 0 Å². The Morgan fingerprint density at radius 3 is 2.72 bits per heavy atom. The molecular weight excluding hydrogens is 246 g/mol. The lowest BCUT2D eigenvalue weighted by molar-refractivity contribution is 0.333. The van der Waals surface area contributed by atoms with Crippen LogP contribution in [0.25, 0.3) is 0 Å². The minimum atomic E-state index is 0.285. The minimum absolute atomic E-state index is 0.285. The highest BCUT2D eigenvalue weighted by Gasteiger charge is 2.12. The highest BCUT2D eigenvalue weighted by Crippen LogP contribution is 2.27. The number of rotatable bonds is 5. The van der Waals surface area contributed by atoms with Crippen molar-refractivity contribution in [3.8, 4) is 5.75 Å². The monoisotopic (exact) mass is 267 g/mol. The molecule has 1 aromatic rings. The average molecular weight is 268 g/mol. The summed E-state index contributed by atoms with van der Waals surface area (Å²) in [6.07, 6.45) is 8.23. The molecule has 0 amide bonds. The number of benzene rings is 1. The first-order valence-electron chi connectivity index (χ1n) is 6.94. The van der Waals surface area contributed by atoms with E-state index in [1.54, 1.807) is 12.1 Å². The van der Waals surface area contributed by atoms with Crippen molar-refractivity contribution in [2.75, 3.05) is 6.54 Å². The standard InChI is InChI=1S/C15H22ClNO/c16-14-7-4-8-15(18)13(14)11-17-10-9-12-5-2-1-3-6-12/h4,7-8,12,17-18H,1-3,5-6,9-11H2. The average Bonchev–Trinajstić information content (AvgIpc) is 2.38. The van der Waals surface area contributed by atoms with Gasteiger partial charge in [0.1, 0.15) is 5.75 Å². The second kappa shape index (κ2) is 7.01. The predicted octanol–water partition coefficient (Wildman–Crippen LogP) is 4.11. The third-order valence-electron chi connectivity index (χ3n) is 3.85. The Kier molecular flexibility index (Phi) is 5.33. The fourth-order valence-electron chi connectivity index (χ4n) is 2.72. The van der Waals surface area contributed by atoms with Crippen molar-refractivity contribution in [2.45, 2.75) is 45.1 Å². The molecule has 0 radical (unpaired) electrons. The maximum atomic E-state index is 9.71. The van der Waals surface area contributed by atoms with E-state index in [0.29, 0.717) is 11.6 Å². The van der Waals surface area contributed by atoms with E-state index in [0.717, 1.165) is 18.0 Å². The van der Waals surface area contributed by atoms with Crippen LogP contribution in [-0.2, 0) is 6.54 Å². The van der Waals surface area contributed by atoms with Gasteiger partial charge in [-0.25, -0.2) is 0 Å². The molecule has 2 nitrogen and oxygen atoms in total. The topological polar surface area (TPSA) is 32.3 Å². The van der Waals surface area contributed by atoms with E-state index in [9.17, 15) is 5.11 Å². The molecule has 0 bridgehead atoms. The highest BCUT2D eigenvalue weighted by molar-refractivity contribution is 6.31. The van der Waals surface area contributed by atoms with Crippen LogP contribution in [0.3, 0.4) is 0 Å². The molecule has 18 heavy (non-hydrogen) atoms. The van der Waals surface area contributed by atoms with Crippen molar-refractivity contribution in [1.82, 2.24) is 5.32 Å². The van der Waals surface area contributed by atoms with Crippen LogP contribution in [0, 0.1) is 5.92 Å². The summed E-state index contributed by atoms with van der Waals surface area (Å²) in [7, 11) is 0. The Morgan fingerprint density at radius 1 is 1.22 bits per heavy atom. The van der Waals surface area contributed by atoms with Gasteiger partial charge in [-0.15, -0.1) is 0 Å². The van der Waals surface area contributed by atoms with E-state index in [4.69, 9.17) is 11.6 Å². The summed E-state index contributed by atoms with van der Waals surface area (Å²) < 4.78 is 0. The lowest BCUT2D eigenvalue weighted by Crippen LogP contribution is -2.19. The van der Waals surface area contributed by atoms with Gasteiger partial charge in [-0.3, -0.25) is 0 Å². The number of hydrogen-bond donors (Lipinski definition) is 2. The second-order valence-corrected chi connectivity index (χ2v) is 5.61. The quantitative estimate of drug-likeness (QED) is 0.787. The van der Waals surface area contributed by atoms with Crippen molar-refractivity contribution in [3.63, 3.8) is 0 Å². The first-order valence-corrected chi connectivity index (χ1v) is 7.32. The smallest absolute Gasteiger partial charge is 0.121 e. The second-order valence-electron chi connectivity index (χ2n) is 5.21. The number of hydrogen-bond acceptors (Lipinski definition) is 2. The summed E-state index contributed by atoms with van der Waals surface area (Å²) in [5.74, 6) is 1.18. The van der Waals surface area contributed by atoms with Gasteiger partial charge in [0.25, 0.3) is 0 Å². The third-order valence-corrected chi connectivity index (χ3v) is 4.20. The Balaban J connectivity index is 1.71. The Morgan fingerprint density at radius 2 is 2.00 bits per heavy atom. The normalized spacial score (nSPS) is 16.9. The van der Waals surface area contributed by atoms with Crippen LogP contribution in [0.4, 0.5) is 0 Å². The molecule has 0 aromatic heterocycles. The first kappa shape index (κ1) is 13.7. The summed E-state index contributed by atoms with van der Waals surface area (Å²) >= 11 is 6.06. The van der Waals surface area contributed by atoms with Gasteiger partial charge in [0.15, 0.2) is 0 Å². The molecule has 100 valence electrons. The van der Waals surface area contributed by atoms with Crippen molar-refractivity contribution in [3.05, 3.63) is 28.8 Å². The zero-order valence-corrected chi connectivity index (χ0v) is 11.5. The van der Waals surface area contributed by atoms with E-state index in [1.165, 1.54) is 38.5 Å². The molecule has 0 aliphatic heterocycles. The van der Waals surface area contributed by atoms with E-state index in [-0.39, 0.29) is 5.75 Å². The van der Waals surface area contributed by atoms with Crippen LogP contribution in [0.1, 0.15) is 44.1 Å². The molecule has 1 fully saturated rings. The number of phenols is 1. The summed E-state index contributed by atoms with van der Waals surface area (Å²) in [4.78, 5) is 0. The zero-order valence-electron chi connectivity index (χ0n) is 10.8. The Labute approximate surface area is 114 Å². The Bertz CT molecular complexity index is 355. The molecule has 0 unspecified atom stereocenters. The molecule has 0 spiro atoms. The van der Waals surface area contributed by atoms with Crippen LogP contribution in [0.2, 0.25) is 5.02 Å². The number of aromatic hydroxyl groups is 1. The van der Waals surface area contributed by atoms with Crippen molar-refractivity contribution in [1.29, 1.82) is 0 Å². The largest absolute Gasteiger partial charge is 0.508 e. The van der Waals surface area contributed by atoms with Gasteiger partial charge in [-0.2, -0.15) is 0 Å². The van der Waals surface area contributed by atoms with Gasteiger partial charge in [-0.1, -0.05) is 49.8 Å². The molecule has 1 saturated carbocycles. The van der Waals surface area contributed by atoms with Crippen molar-refractivity contribution in [2.24, 2.45) is 5.92 Å². The maximum absolute atomic E-state index is 9.71. The fourth-order valence-corrected chi connectivity index (χ4v) is 2.95. The maximum Gasteiger partial charge on any atom is 0.121 e. The highest BCUT2D eigenvalue weighted by atomic mass is 35.5. The van der Waals surface area contributed by atoms with Crippen molar-refractivity contribution >= 4 is 11.6 Å². The van der Waals surface area contributed by atoms with Gasteiger partial charge < -0.3 is 10.4 Å². The van der Waals surface area contributed by atoms with Gasteiger partial charge in [-0.05, 0) is 31.0 Å². The predicted molar refractivity (Wildman–Crippen MR) is 76.0 cm³/mol. The Hall–Kier alpha value is -0.730. The number of halogens is 1. The zero-order chi connectivity index (χ0) is 12.8. The van der Waals surface area contributed by atoms with E-state index < -0.39 is 0 Å². The molecule has 1 aliphatic carbocycles. The summed E-state index contributed by atoms with van der Waals surface area (Å²) in [5, 5.41) is 13.7. The van der Waals surface area contributed by atoms with Crippen LogP contribution in [-0.4, -0.2) is 11.7 Å². The van der Waals surface area contributed by atoms with Crippen LogP contribution in [0.15, 0.2) is 18.2 Å². The molecule has 1 aromatic carbocycles. The first-order chi connectivity index (χ1) is 8.77. The fraction of sp³-hybridized carbons (Fsp3) is 0.600. The molecule has 0 heterocycles. The van der Waals surface area contributed by atoms with Gasteiger partial charge >= 0.3 is 0 Å². The summed E-state index contributed by atoms with van der Waals surface area (Å²) in [6.45, 7) is 1.66. The molecule has 1 aliphatic rings. The van der Waals surface area contributed by atoms with Crippen LogP contribution < -0.4 is 5.32 Å². The summed E-state index contributed by atoms with van der Waals surface area (Å²) in [5.41, 5.74) is 0.808. The van der Waals surface area contributed by atoms with E-state index in [1.807, 2.05) is 6.07 Å². The summed E-state index contributed by atoms with van der Waals surface area (Å²) in [6, 6.07) is 5.27. The van der Waals surface area contributed by atoms with E-state index >= 15 is 0 Å². The third kappa shape index (κ3) is 3.89. The molecular formula is C15H22ClNO. The molecule has 3 heteroatoms. The molecule has 0 atom stereocenters. The van der Waals surface area contributed by atoms with Gasteiger partial charge in [0, 0.05) is 17.1 Å². The molecule has 2 rings (SSSR count).